The van der Waals surface area contributed by atoms with Crippen molar-refractivity contribution in [3.05, 3.63) is 40.2 Å². The summed E-state index contributed by atoms with van der Waals surface area (Å²) in [5.74, 6) is 0. The van der Waals surface area contributed by atoms with Crippen molar-refractivity contribution >= 4 is 11.3 Å². The van der Waals surface area contributed by atoms with Crippen LogP contribution in [0.1, 0.15) is 10.6 Å². The summed E-state index contributed by atoms with van der Waals surface area (Å²) in [6.07, 6.45) is -3.78. The minimum atomic E-state index is -4.37. The molecule has 0 fully saturated rings. The van der Waals surface area contributed by atoms with Gasteiger partial charge in [0.1, 0.15) is 0 Å². The highest BCUT2D eigenvalue weighted by molar-refractivity contribution is 7.09. The second kappa shape index (κ2) is 5.07. The fraction of sp³-hybridized carbons (Fsp3) is 0.250. The second-order valence-electron chi connectivity index (χ2n) is 3.71. The smallest absolute Gasteiger partial charge is 0.330 e. The molecule has 0 saturated heterocycles. The molecule has 0 bridgehead atoms. The largest absolute Gasteiger partial charge is 0.417 e. The number of aromatic nitrogens is 1. The average molecular weight is 272 g/mol. The Bertz CT molecular complexity index is 534. The summed E-state index contributed by atoms with van der Waals surface area (Å²) in [6, 6.07) is 5.45. The van der Waals surface area contributed by atoms with Gasteiger partial charge in [0, 0.05) is 17.4 Å². The molecular formula is C12H11F3N2S. The lowest BCUT2D eigenvalue weighted by atomic mass is 10.1. The molecule has 2 nitrogen and oxygen atoms in total. The highest BCUT2D eigenvalue weighted by Gasteiger charge is 2.33. The number of nitrogens with zero attached hydrogens (tertiary/aromatic N) is 1. The molecule has 0 spiro atoms. The lowest BCUT2D eigenvalue weighted by Crippen LogP contribution is -2.07. The first-order valence-corrected chi connectivity index (χ1v) is 6.21. The van der Waals surface area contributed by atoms with E-state index in [4.69, 9.17) is 5.73 Å². The van der Waals surface area contributed by atoms with Gasteiger partial charge >= 0.3 is 6.18 Å². The minimum Gasteiger partial charge on any atom is -0.330 e. The lowest BCUT2D eigenvalue weighted by Gasteiger charge is -2.10. The van der Waals surface area contributed by atoms with E-state index in [2.05, 4.69) is 4.98 Å². The predicted octanol–water partition coefficient (Wildman–Crippen LogP) is 3.33. The van der Waals surface area contributed by atoms with Crippen molar-refractivity contribution in [3.63, 3.8) is 0 Å². The molecule has 0 amide bonds. The average Bonchev–Trinajstić information content (AvgIpc) is 2.77. The maximum Gasteiger partial charge on any atom is 0.417 e. The van der Waals surface area contributed by atoms with E-state index >= 15 is 0 Å². The molecule has 1 aromatic heterocycles. The fourth-order valence-corrected chi connectivity index (χ4v) is 2.44. The first-order chi connectivity index (χ1) is 8.52. The van der Waals surface area contributed by atoms with Gasteiger partial charge in [-0.05, 0) is 12.6 Å². The van der Waals surface area contributed by atoms with E-state index in [0.29, 0.717) is 18.7 Å². The molecule has 0 aliphatic heterocycles. The maximum atomic E-state index is 12.8. The van der Waals surface area contributed by atoms with Gasteiger partial charge in [-0.1, -0.05) is 18.2 Å². The van der Waals surface area contributed by atoms with Crippen molar-refractivity contribution < 1.29 is 13.2 Å². The molecule has 1 aromatic carbocycles. The number of nitrogens with two attached hydrogens (primary N) is 1. The van der Waals surface area contributed by atoms with E-state index < -0.39 is 11.7 Å². The predicted molar refractivity (Wildman–Crippen MR) is 65.3 cm³/mol. The van der Waals surface area contributed by atoms with E-state index in [0.717, 1.165) is 11.1 Å². The molecule has 18 heavy (non-hydrogen) atoms. The summed E-state index contributed by atoms with van der Waals surface area (Å²) in [7, 11) is 0. The Morgan fingerprint density at radius 3 is 2.61 bits per heavy atom. The zero-order chi connectivity index (χ0) is 13.2. The van der Waals surface area contributed by atoms with Gasteiger partial charge in [0.15, 0.2) is 0 Å². The Labute approximate surface area is 106 Å². The first-order valence-electron chi connectivity index (χ1n) is 5.33. The van der Waals surface area contributed by atoms with E-state index in [1.54, 1.807) is 11.4 Å². The van der Waals surface area contributed by atoms with Gasteiger partial charge in [-0.15, -0.1) is 11.3 Å². The molecule has 1 heterocycles. The van der Waals surface area contributed by atoms with Gasteiger partial charge in [-0.2, -0.15) is 13.2 Å². The van der Waals surface area contributed by atoms with Crippen LogP contribution in [-0.4, -0.2) is 11.5 Å². The van der Waals surface area contributed by atoms with Gasteiger partial charge in [0.2, 0.25) is 0 Å². The highest BCUT2D eigenvalue weighted by Crippen LogP contribution is 2.37. The maximum absolute atomic E-state index is 12.8. The Hall–Kier alpha value is -1.40. The van der Waals surface area contributed by atoms with Gasteiger partial charge in [0.05, 0.1) is 16.3 Å². The number of rotatable bonds is 3. The summed E-state index contributed by atoms with van der Waals surface area (Å²) in [5, 5.41) is 2.39. The van der Waals surface area contributed by atoms with Gasteiger partial charge < -0.3 is 5.73 Å². The molecule has 0 saturated carbocycles. The molecule has 96 valence electrons. The Kier molecular flexibility index (Phi) is 3.68. The van der Waals surface area contributed by atoms with Crippen LogP contribution in [0.2, 0.25) is 0 Å². The molecule has 0 atom stereocenters. The Morgan fingerprint density at radius 1 is 1.22 bits per heavy atom. The zero-order valence-corrected chi connectivity index (χ0v) is 10.2. The van der Waals surface area contributed by atoms with Crippen molar-refractivity contribution in [2.75, 3.05) is 6.54 Å². The van der Waals surface area contributed by atoms with Crippen LogP contribution in [0.4, 0.5) is 13.2 Å². The SMILES string of the molecule is NCCc1nc(-c2ccccc2C(F)(F)F)cs1. The Morgan fingerprint density at radius 2 is 1.94 bits per heavy atom. The monoisotopic (exact) mass is 272 g/mol. The summed E-state index contributed by atoms with van der Waals surface area (Å²) in [4.78, 5) is 4.18. The number of hydrogen-bond donors (Lipinski definition) is 1. The number of hydrogen-bond acceptors (Lipinski definition) is 3. The van der Waals surface area contributed by atoms with E-state index in [1.807, 2.05) is 0 Å². The summed E-state index contributed by atoms with van der Waals surface area (Å²) < 4.78 is 38.5. The standard InChI is InChI=1S/C12H11F3N2S/c13-12(14,15)9-4-2-1-3-8(9)10-7-18-11(17-10)5-6-16/h1-4,7H,5-6,16H2. The molecule has 0 radical (unpaired) electrons. The molecular weight excluding hydrogens is 261 g/mol. The number of alkyl halides is 3. The molecule has 2 N–H and O–H groups in total. The molecule has 6 heteroatoms. The van der Waals surface area contributed by atoms with E-state index in [1.165, 1.54) is 23.5 Å². The molecule has 0 unspecified atom stereocenters. The number of thiazole rings is 1. The van der Waals surface area contributed by atoms with Crippen LogP contribution < -0.4 is 5.73 Å². The molecule has 2 aromatic rings. The van der Waals surface area contributed by atoms with Crippen molar-refractivity contribution in [2.24, 2.45) is 5.73 Å². The molecule has 0 aliphatic carbocycles. The van der Waals surface area contributed by atoms with Crippen LogP contribution in [0, 0.1) is 0 Å². The third-order valence-corrected chi connectivity index (χ3v) is 3.33. The van der Waals surface area contributed by atoms with Crippen LogP contribution in [-0.2, 0) is 12.6 Å². The van der Waals surface area contributed by atoms with Crippen LogP contribution in [0.5, 0.6) is 0 Å². The molecule has 2 rings (SSSR count). The van der Waals surface area contributed by atoms with Crippen molar-refractivity contribution in [2.45, 2.75) is 12.6 Å². The van der Waals surface area contributed by atoms with Crippen molar-refractivity contribution in [3.8, 4) is 11.3 Å². The van der Waals surface area contributed by atoms with Crippen LogP contribution in [0.25, 0.3) is 11.3 Å². The minimum absolute atomic E-state index is 0.115. The Balaban J connectivity index is 2.43. The topological polar surface area (TPSA) is 38.9 Å². The quantitative estimate of drug-likeness (QED) is 0.930. The van der Waals surface area contributed by atoms with E-state index in [9.17, 15) is 13.2 Å². The normalized spacial score (nSPS) is 11.8. The summed E-state index contributed by atoms with van der Waals surface area (Å²) in [6.45, 7) is 0.438. The summed E-state index contributed by atoms with van der Waals surface area (Å²) >= 11 is 1.33. The fourth-order valence-electron chi connectivity index (χ4n) is 1.63. The van der Waals surface area contributed by atoms with Crippen LogP contribution >= 0.6 is 11.3 Å². The van der Waals surface area contributed by atoms with Gasteiger partial charge in [-0.25, -0.2) is 4.98 Å². The first kappa shape index (κ1) is 13.0. The number of halogens is 3. The van der Waals surface area contributed by atoms with Gasteiger partial charge in [0.25, 0.3) is 0 Å². The van der Waals surface area contributed by atoms with Gasteiger partial charge in [-0.3, -0.25) is 0 Å². The second-order valence-corrected chi connectivity index (χ2v) is 4.65. The third-order valence-electron chi connectivity index (χ3n) is 2.42. The van der Waals surface area contributed by atoms with Crippen molar-refractivity contribution in [1.82, 2.24) is 4.98 Å². The third kappa shape index (κ3) is 2.70. The summed E-state index contributed by atoms with van der Waals surface area (Å²) in [5.41, 5.74) is 5.21. The van der Waals surface area contributed by atoms with Crippen LogP contribution in [0.15, 0.2) is 29.6 Å². The molecule has 0 aliphatic rings. The van der Waals surface area contributed by atoms with E-state index in [-0.39, 0.29) is 5.56 Å². The van der Waals surface area contributed by atoms with Crippen molar-refractivity contribution in [1.29, 1.82) is 0 Å². The number of benzene rings is 1. The zero-order valence-electron chi connectivity index (χ0n) is 9.37. The highest BCUT2D eigenvalue weighted by atomic mass is 32.1. The lowest BCUT2D eigenvalue weighted by molar-refractivity contribution is -0.137. The van der Waals surface area contributed by atoms with Crippen LogP contribution in [0.3, 0.4) is 0 Å².